The van der Waals surface area contributed by atoms with Crippen LogP contribution in [-0.2, 0) is 0 Å². The molecule has 0 spiro atoms. The number of terminal acetylenes is 2. The second kappa shape index (κ2) is 23.6. The van der Waals surface area contributed by atoms with Crippen molar-refractivity contribution in [2.24, 2.45) is 0 Å². The van der Waals surface area contributed by atoms with Crippen LogP contribution in [0.4, 0.5) is 11.4 Å². The zero-order chi connectivity index (χ0) is 46.2. The largest absolute Gasteiger partial charge is 0.488 e. The summed E-state index contributed by atoms with van der Waals surface area (Å²) in [4.78, 5) is 0. The molecule has 0 unspecified atom stereocenters. The van der Waals surface area contributed by atoms with E-state index in [9.17, 15) is 0 Å². The summed E-state index contributed by atoms with van der Waals surface area (Å²) in [6.45, 7) is 1.65. The van der Waals surface area contributed by atoms with Crippen LogP contribution in [0.3, 0.4) is 0 Å². The molecular formula is C53H42B6BrN2O2. The topological polar surface area (TPSA) is 92.5 Å². The summed E-state index contributed by atoms with van der Waals surface area (Å²) in [6.07, 6.45) is 20.9. The summed E-state index contributed by atoms with van der Waals surface area (Å²) in [7, 11) is 14.4. The van der Waals surface area contributed by atoms with Gasteiger partial charge in [-0.05, 0) is 115 Å². The van der Waals surface area contributed by atoms with Gasteiger partial charge in [-0.25, -0.2) is 0 Å². The van der Waals surface area contributed by atoms with E-state index in [1.165, 1.54) is 84.2 Å². The summed E-state index contributed by atoms with van der Waals surface area (Å²) >= 11 is 3.71. The maximum Gasteiger partial charge on any atom is 0.488 e. The maximum absolute atomic E-state index is 8.63. The van der Waals surface area contributed by atoms with Crippen LogP contribution in [0.15, 0.2) is 162 Å². The van der Waals surface area contributed by atoms with Gasteiger partial charge in [0.05, 0.1) is 0 Å². The summed E-state index contributed by atoms with van der Waals surface area (Å²) < 4.78 is 1.16. The Bertz CT molecular complexity index is 2910. The van der Waals surface area contributed by atoms with Crippen LogP contribution < -0.4 is 16.9 Å². The standard InChI is InChI=1S/C24H17N.C18H11Br.C6H8BNO2.C3H4.C2H2.B5/c25-20-12-8-17(9-13-20)22-15-11-19-7-6-18-10-14-21(24(22)23(18)19)16-4-2-1-3-5-16;19-16-11-9-14-7-6-13-8-10-15(18(16)17(13)14)12-4-2-1-3-5-12;8-6-3-1-5(2-4-6)7(9)10;1-3-2;1-2;1-4-5(2)3/h1-15H,25H2;1-11H;1-4,9-10H,8H2;1H,2H3;1-2H;. The fraction of sp³-hybridized carbons (Fsp3) is 0.0189. The number of nitrogen functional groups attached to an aromatic ring is 2. The highest BCUT2D eigenvalue weighted by molar-refractivity contribution is 9.10. The number of hydrogen-bond acceptors (Lipinski definition) is 4. The molecule has 64 heavy (non-hydrogen) atoms. The van der Waals surface area contributed by atoms with E-state index >= 15 is 0 Å². The fourth-order valence-corrected chi connectivity index (χ4v) is 7.80. The molecule has 11 heteroatoms. The van der Waals surface area contributed by atoms with E-state index in [0.29, 0.717) is 11.2 Å². The van der Waals surface area contributed by atoms with E-state index in [1.807, 2.05) is 12.1 Å². The summed E-state index contributed by atoms with van der Waals surface area (Å²) in [5.41, 5.74) is 25.8. The molecule has 0 bridgehead atoms. The smallest absolute Gasteiger partial charge is 0.423 e. The molecular weight excluding hydrogens is 841 g/mol. The minimum atomic E-state index is -1.40. The van der Waals surface area contributed by atoms with Crippen molar-refractivity contribution in [2.45, 2.75) is 6.92 Å². The van der Waals surface area contributed by atoms with Crippen molar-refractivity contribution in [3.8, 4) is 58.6 Å². The molecule has 0 aliphatic heterocycles. The highest BCUT2D eigenvalue weighted by Gasteiger charge is 2.18. The molecule has 6 N–H and O–H groups in total. The lowest BCUT2D eigenvalue weighted by Crippen LogP contribution is -2.29. The molecule has 2 aliphatic rings. The Hall–Kier alpha value is -6.73. The first-order valence-electron chi connectivity index (χ1n) is 20.2. The van der Waals surface area contributed by atoms with Gasteiger partial charge in [0, 0.05) is 57.9 Å². The SMILES string of the molecule is Brc1ccc2c3c(ccc(-c4ccccc4)c13)C=C2.C#C.C#CC.Nc1ccc(-c2ccc3c4c(ccc(-c5ccccc5)c24)C=C3)cc1.Nc1ccc(B(O)O)cc1.[B][B]B([B])[B]. The molecule has 0 saturated carbocycles. The second-order valence-corrected chi connectivity index (χ2v) is 15.2. The predicted molar refractivity (Wildman–Crippen MR) is 288 cm³/mol. The third kappa shape index (κ3) is 11.8. The normalized spacial score (nSPS) is 10.5. The van der Waals surface area contributed by atoms with Crippen molar-refractivity contribution in [1.82, 2.24) is 0 Å². The number of rotatable bonds is 5. The van der Waals surface area contributed by atoms with Crippen molar-refractivity contribution in [2.75, 3.05) is 11.5 Å². The van der Waals surface area contributed by atoms with Gasteiger partial charge in [0.15, 0.2) is 0 Å². The number of anilines is 2. The Morgan fingerprint density at radius 3 is 1.22 bits per heavy atom. The van der Waals surface area contributed by atoms with Crippen LogP contribution in [0.1, 0.15) is 29.2 Å². The van der Waals surface area contributed by atoms with E-state index in [2.05, 4.69) is 187 Å². The Kier molecular flexibility index (Phi) is 17.8. The van der Waals surface area contributed by atoms with Gasteiger partial charge in [0.1, 0.15) is 0 Å². The molecule has 0 heterocycles. The number of hydrogen-bond donors (Lipinski definition) is 4. The van der Waals surface area contributed by atoms with Crippen LogP contribution in [0.2, 0.25) is 0 Å². The second-order valence-electron chi connectivity index (χ2n) is 14.4. The molecule has 301 valence electrons. The molecule has 0 amide bonds. The number of halogens is 1. The maximum atomic E-state index is 8.63. The lowest BCUT2D eigenvalue weighted by Gasteiger charge is -2.15. The van der Waals surface area contributed by atoms with Gasteiger partial charge in [-0.15, -0.1) is 25.2 Å². The molecule has 0 fully saturated rings. The van der Waals surface area contributed by atoms with Gasteiger partial charge < -0.3 is 21.5 Å². The molecule has 0 aromatic heterocycles. The summed E-state index contributed by atoms with van der Waals surface area (Å²) in [6, 6.07) is 53.4. The third-order valence-electron chi connectivity index (χ3n) is 10.1. The van der Waals surface area contributed by atoms with Crippen LogP contribution in [0.25, 0.3) is 79.2 Å². The van der Waals surface area contributed by atoms with Crippen LogP contribution in [-0.4, -0.2) is 53.8 Å². The Balaban J connectivity index is 0.000000174. The Morgan fingerprint density at radius 2 is 0.844 bits per heavy atom. The molecule has 4 nitrogen and oxygen atoms in total. The number of benzene rings is 8. The average Bonchev–Trinajstić information content (AvgIpc) is 3.96. The van der Waals surface area contributed by atoms with Crippen LogP contribution in [0, 0.1) is 25.2 Å². The zero-order valence-corrected chi connectivity index (χ0v) is 37.0. The molecule has 8 aromatic rings. The molecule has 0 atom stereocenters. The lowest BCUT2D eigenvalue weighted by molar-refractivity contribution is 0.426. The van der Waals surface area contributed by atoms with Crippen molar-refractivity contribution in [3.05, 3.63) is 184 Å². The lowest BCUT2D eigenvalue weighted by atomic mass is 8.97. The first kappa shape index (κ1) is 48.3. The summed E-state index contributed by atoms with van der Waals surface area (Å²) in [5, 5.41) is 22.6. The first-order valence-corrected chi connectivity index (χ1v) is 21.0. The van der Waals surface area contributed by atoms with Gasteiger partial charge >= 0.3 is 7.12 Å². The first-order chi connectivity index (χ1) is 31.0. The van der Waals surface area contributed by atoms with Gasteiger partial charge in [-0.3, -0.25) is 0 Å². The van der Waals surface area contributed by atoms with Crippen molar-refractivity contribution in [3.63, 3.8) is 0 Å². The van der Waals surface area contributed by atoms with E-state index in [-0.39, 0.29) is 0 Å². The van der Waals surface area contributed by atoms with E-state index in [0.717, 1.165) is 10.2 Å². The molecule has 2 aliphatic carbocycles. The Morgan fingerprint density at radius 1 is 0.516 bits per heavy atom. The predicted octanol–water partition coefficient (Wildman–Crippen LogP) is 9.93. The number of nitrogens with two attached hydrogens (primary N) is 2. The quantitative estimate of drug-likeness (QED) is 0.0788. The van der Waals surface area contributed by atoms with Crippen molar-refractivity contribution < 1.29 is 10.0 Å². The highest BCUT2D eigenvalue weighted by Crippen LogP contribution is 2.43. The van der Waals surface area contributed by atoms with Gasteiger partial charge in [0.2, 0.25) is 0 Å². The third-order valence-corrected chi connectivity index (χ3v) is 10.8. The van der Waals surface area contributed by atoms with E-state index in [4.69, 9.17) is 44.7 Å². The van der Waals surface area contributed by atoms with Crippen LogP contribution >= 0.6 is 15.9 Å². The minimum absolute atomic E-state index is 0.453. The monoisotopic (exact) mass is 883 g/mol. The minimum Gasteiger partial charge on any atom is -0.423 e. The summed E-state index contributed by atoms with van der Waals surface area (Å²) in [5.74, 6) is 2.25. The molecule has 10 rings (SSSR count). The molecule has 8 aromatic carbocycles. The fourth-order valence-electron chi connectivity index (χ4n) is 7.26. The van der Waals surface area contributed by atoms with E-state index in [1.54, 1.807) is 31.2 Å². The van der Waals surface area contributed by atoms with E-state index < -0.39 is 13.5 Å². The average molecular weight is 884 g/mol. The van der Waals surface area contributed by atoms with Gasteiger partial charge in [-0.1, -0.05) is 168 Å². The molecule has 7 radical (unpaired) electrons. The zero-order valence-electron chi connectivity index (χ0n) is 35.4. The van der Waals surface area contributed by atoms with Crippen LogP contribution in [0.5, 0.6) is 0 Å². The van der Waals surface area contributed by atoms with Crippen molar-refractivity contribution in [1.29, 1.82) is 0 Å². The van der Waals surface area contributed by atoms with Gasteiger partial charge in [-0.2, -0.15) is 0 Å². The van der Waals surface area contributed by atoms with Crippen molar-refractivity contribution >= 4 is 122 Å². The molecule has 0 saturated heterocycles. The highest BCUT2D eigenvalue weighted by atomic mass is 79.9. The Labute approximate surface area is 391 Å². The van der Waals surface area contributed by atoms with Gasteiger partial charge in [0.25, 0.3) is 0 Å².